The highest BCUT2D eigenvalue weighted by Gasteiger charge is 2.75. The number of carbonyl (C=O) groups excluding carboxylic acids is 3. The van der Waals surface area contributed by atoms with Crippen LogP contribution in [0, 0.1) is 5.92 Å². The first kappa shape index (κ1) is 16.2. The Labute approximate surface area is 144 Å². The van der Waals surface area contributed by atoms with Gasteiger partial charge in [-0.15, -0.1) is 0 Å². The van der Waals surface area contributed by atoms with Crippen LogP contribution >= 0.6 is 0 Å². The molecular formula is C16H20N4O5. The lowest BCUT2D eigenvalue weighted by Crippen LogP contribution is -2.54. The van der Waals surface area contributed by atoms with Crippen molar-refractivity contribution in [1.29, 1.82) is 0 Å². The molecule has 0 aromatic heterocycles. The average molecular weight is 348 g/mol. The Bertz CT molecular complexity index is 787. The van der Waals surface area contributed by atoms with Gasteiger partial charge in [0.2, 0.25) is 11.6 Å². The lowest BCUT2D eigenvalue weighted by atomic mass is 9.80. The molecule has 9 nitrogen and oxygen atoms in total. The number of ketones is 2. The number of nitrogens with zero attached hydrogens (tertiary/aromatic N) is 2. The van der Waals surface area contributed by atoms with Gasteiger partial charge in [0.05, 0.1) is 29.8 Å². The molecule has 0 bridgehead atoms. The Kier molecular flexibility index (Phi) is 3.19. The molecule has 0 aromatic carbocycles. The first-order chi connectivity index (χ1) is 11.8. The number of ether oxygens (including phenoxy) is 1. The van der Waals surface area contributed by atoms with Crippen molar-refractivity contribution in [3.05, 3.63) is 22.5 Å². The first-order valence-electron chi connectivity index (χ1n) is 8.05. The van der Waals surface area contributed by atoms with E-state index in [2.05, 4.69) is 9.74 Å². The third-order valence-corrected chi connectivity index (χ3v) is 6.10. The number of piperazine rings is 1. The van der Waals surface area contributed by atoms with Crippen molar-refractivity contribution in [2.75, 3.05) is 20.7 Å². The van der Waals surface area contributed by atoms with Crippen molar-refractivity contribution in [3.8, 4) is 0 Å². The van der Waals surface area contributed by atoms with Crippen LogP contribution in [0.5, 0.6) is 0 Å². The van der Waals surface area contributed by atoms with E-state index in [0.717, 1.165) is 0 Å². The smallest absolute Gasteiger partial charge is 0.325 e. The van der Waals surface area contributed by atoms with Gasteiger partial charge in [-0.05, 0) is 14.0 Å². The Morgan fingerprint density at radius 3 is 2.64 bits per heavy atom. The Hall–Kier alpha value is -2.23. The van der Waals surface area contributed by atoms with Crippen LogP contribution in [0.3, 0.4) is 0 Å². The molecule has 4 rings (SSSR count). The van der Waals surface area contributed by atoms with Gasteiger partial charge >= 0.3 is 5.97 Å². The molecule has 5 atom stereocenters. The number of nitrogens with two attached hydrogens (primary N) is 2. The first-order valence-corrected chi connectivity index (χ1v) is 8.05. The molecule has 4 N–H and O–H groups in total. The number of likely N-dealkylation sites (N-methyl/N-ethyl adjacent to an activating group) is 1. The molecule has 1 unspecified atom stereocenters. The highest BCUT2D eigenvalue weighted by Crippen LogP contribution is 2.59. The third-order valence-electron chi connectivity index (χ3n) is 6.10. The third kappa shape index (κ3) is 1.70. The molecule has 3 heterocycles. The van der Waals surface area contributed by atoms with Gasteiger partial charge in [0.15, 0.2) is 5.72 Å². The van der Waals surface area contributed by atoms with Gasteiger partial charge in [0.25, 0.3) is 0 Å². The summed E-state index contributed by atoms with van der Waals surface area (Å²) in [5.41, 5.74) is 5.57. The molecule has 3 aliphatic heterocycles. The van der Waals surface area contributed by atoms with Crippen LogP contribution in [0.1, 0.15) is 13.3 Å². The minimum absolute atomic E-state index is 0.0270. The van der Waals surface area contributed by atoms with Crippen molar-refractivity contribution in [2.45, 2.75) is 31.2 Å². The van der Waals surface area contributed by atoms with Crippen LogP contribution in [0.2, 0.25) is 0 Å². The second kappa shape index (κ2) is 4.90. The zero-order valence-corrected chi connectivity index (χ0v) is 14.2. The highest BCUT2D eigenvalue weighted by atomic mass is 16.7. The number of methoxy groups -OCH3 is 1. The quantitative estimate of drug-likeness (QED) is 0.352. The van der Waals surface area contributed by atoms with E-state index in [-0.39, 0.29) is 41.1 Å². The molecule has 0 saturated carbocycles. The maximum Gasteiger partial charge on any atom is 0.325 e. The molecule has 0 spiro atoms. The number of hydrogen-bond acceptors (Lipinski definition) is 9. The van der Waals surface area contributed by atoms with E-state index in [1.165, 1.54) is 14.0 Å². The summed E-state index contributed by atoms with van der Waals surface area (Å²) in [7, 11) is 3.48. The largest absolute Gasteiger partial charge is 0.395 e. The molecule has 0 amide bonds. The topological polar surface area (TPSA) is 128 Å². The van der Waals surface area contributed by atoms with Crippen LogP contribution < -0.4 is 11.6 Å². The monoisotopic (exact) mass is 348 g/mol. The van der Waals surface area contributed by atoms with Crippen LogP contribution in [0.15, 0.2) is 22.5 Å². The molecule has 134 valence electrons. The van der Waals surface area contributed by atoms with E-state index in [9.17, 15) is 14.4 Å². The van der Waals surface area contributed by atoms with Crippen molar-refractivity contribution in [3.63, 3.8) is 0 Å². The fourth-order valence-electron chi connectivity index (χ4n) is 4.83. The summed E-state index contributed by atoms with van der Waals surface area (Å²) in [4.78, 5) is 45.9. The van der Waals surface area contributed by atoms with Crippen molar-refractivity contribution in [1.82, 2.24) is 9.80 Å². The summed E-state index contributed by atoms with van der Waals surface area (Å²) in [6, 6.07) is 0.178. The lowest BCUT2D eigenvalue weighted by Gasteiger charge is -2.40. The molecule has 4 aliphatic rings. The second-order valence-corrected chi connectivity index (χ2v) is 6.95. The number of rotatable bonds is 3. The van der Waals surface area contributed by atoms with E-state index < -0.39 is 23.4 Å². The van der Waals surface area contributed by atoms with E-state index in [4.69, 9.17) is 16.4 Å². The highest BCUT2D eigenvalue weighted by molar-refractivity contribution is 6.25. The summed E-state index contributed by atoms with van der Waals surface area (Å²) in [6.07, 6.45) is -0.165. The molecule has 9 heteroatoms. The van der Waals surface area contributed by atoms with E-state index in [1.807, 2.05) is 11.9 Å². The summed E-state index contributed by atoms with van der Waals surface area (Å²) in [6.45, 7) is 2.09. The van der Waals surface area contributed by atoms with Crippen molar-refractivity contribution in [2.24, 2.45) is 17.5 Å². The molecule has 1 aliphatic carbocycles. The maximum absolute atomic E-state index is 12.9. The van der Waals surface area contributed by atoms with Crippen LogP contribution in [0.4, 0.5) is 0 Å². The predicted molar refractivity (Wildman–Crippen MR) is 84.1 cm³/mol. The molecule has 0 aromatic rings. The van der Waals surface area contributed by atoms with Gasteiger partial charge in [-0.3, -0.25) is 19.3 Å². The normalized spacial score (nSPS) is 38.8. The van der Waals surface area contributed by atoms with Gasteiger partial charge in [0.1, 0.15) is 0 Å². The maximum atomic E-state index is 12.9. The fourth-order valence-corrected chi connectivity index (χ4v) is 4.83. The van der Waals surface area contributed by atoms with Crippen LogP contribution in [-0.2, 0) is 24.0 Å². The summed E-state index contributed by atoms with van der Waals surface area (Å²) in [5, 5.41) is 0. The average Bonchev–Trinajstić information content (AvgIpc) is 3.00. The van der Waals surface area contributed by atoms with Gasteiger partial charge in [0, 0.05) is 30.8 Å². The number of carbonyl (C=O) groups is 3. The zero-order chi connectivity index (χ0) is 18.3. The molecule has 2 saturated heterocycles. The van der Waals surface area contributed by atoms with Crippen LogP contribution in [-0.4, -0.2) is 65.8 Å². The number of fused-ring (bicyclic) bond motifs is 4. The SMILES string of the molecule is CO[C@]12[C@@H]3[C@H](CN1C1=C(C(=O)C(N)=C(C)C1=O)[C@@H]2CC(=O)ON)N3C. The zero-order valence-electron chi connectivity index (χ0n) is 14.2. The second-order valence-electron chi connectivity index (χ2n) is 6.95. The van der Waals surface area contributed by atoms with Crippen LogP contribution in [0.25, 0.3) is 0 Å². The van der Waals surface area contributed by atoms with E-state index in [0.29, 0.717) is 12.2 Å². The van der Waals surface area contributed by atoms with Crippen molar-refractivity contribution < 1.29 is 24.0 Å². The van der Waals surface area contributed by atoms with Gasteiger partial charge < -0.3 is 20.2 Å². The number of allylic oxidation sites excluding steroid dienone is 2. The molecule has 0 radical (unpaired) electrons. The van der Waals surface area contributed by atoms with Gasteiger partial charge in [-0.25, -0.2) is 0 Å². The van der Waals surface area contributed by atoms with Gasteiger partial charge in [-0.1, -0.05) is 0 Å². The van der Waals surface area contributed by atoms with E-state index in [1.54, 1.807) is 0 Å². The minimum Gasteiger partial charge on any atom is -0.395 e. The van der Waals surface area contributed by atoms with Gasteiger partial charge in [-0.2, -0.15) is 5.90 Å². The summed E-state index contributed by atoms with van der Waals surface area (Å²) < 4.78 is 5.89. The molecular weight excluding hydrogens is 328 g/mol. The number of Topliss-reactive ketones (excluding diaryl/α,β-unsaturated/α-hetero) is 2. The standard InChI is InChI=1S/C16H20N4O5/c1-6-11(17)14(23)10-7(4-9(21)25-18)16(24-3)15-8(19(15)2)5-20(16)12(10)13(6)22/h7-8,15H,4-5,17-18H2,1-3H3/t7-,8-,15-,16+,19?/m0/s1. The number of hydrogen-bond donors (Lipinski definition) is 2. The molecule has 25 heavy (non-hydrogen) atoms. The summed E-state index contributed by atoms with van der Waals surface area (Å²) in [5.74, 6) is 2.94. The fraction of sp³-hybridized carbons (Fsp3) is 0.562. The Morgan fingerprint density at radius 2 is 2.04 bits per heavy atom. The predicted octanol–water partition coefficient (Wildman–Crippen LogP) is -1.60. The Balaban J connectivity index is 1.88. The molecule has 2 fully saturated rings. The summed E-state index contributed by atoms with van der Waals surface area (Å²) >= 11 is 0. The minimum atomic E-state index is -0.978. The van der Waals surface area contributed by atoms with Crippen molar-refractivity contribution >= 4 is 17.5 Å². The lowest BCUT2D eigenvalue weighted by molar-refractivity contribution is -0.157. The Morgan fingerprint density at radius 1 is 1.36 bits per heavy atom. The van der Waals surface area contributed by atoms with E-state index >= 15 is 0 Å².